The first-order valence-electron chi connectivity index (χ1n) is 6.51. The van der Waals surface area contributed by atoms with Crippen molar-refractivity contribution < 1.29 is 19.4 Å². The molecule has 0 aromatic carbocycles. The second-order valence-electron chi connectivity index (χ2n) is 4.77. The van der Waals surface area contributed by atoms with Gasteiger partial charge in [0.25, 0.3) is 11.5 Å². The normalized spacial score (nSPS) is 10.7. The highest BCUT2D eigenvalue weighted by atomic mass is 16.5. The van der Waals surface area contributed by atoms with Crippen LogP contribution in [0, 0.1) is 6.92 Å². The van der Waals surface area contributed by atoms with E-state index >= 15 is 0 Å². The highest BCUT2D eigenvalue weighted by Gasteiger charge is 2.16. The summed E-state index contributed by atoms with van der Waals surface area (Å²) < 4.78 is 4.78. The second kappa shape index (κ2) is 7.53. The van der Waals surface area contributed by atoms with Crippen molar-refractivity contribution in [3.05, 3.63) is 27.4 Å². The molecule has 8 nitrogen and oxygen atoms in total. The fourth-order valence-corrected chi connectivity index (χ4v) is 1.63. The largest absolute Gasteiger partial charge is 0.480 e. The third-order valence-corrected chi connectivity index (χ3v) is 2.65. The number of hydrogen-bond acceptors (Lipinski definition) is 5. The van der Waals surface area contributed by atoms with Gasteiger partial charge in [0.15, 0.2) is 0 Å². The van der Waals surface area contributed by atoms with Crippen LogP contribution in [0.15, 0.2) is 4.79 Å². The van der Waals surface area contributed by atoms with Gasteiger partial charge in [0.2, 0.25) is 0 Å². The molecule has 1 aromatic rings. The minimum Gasteiger partial charge on any atom is -0.480 e. The average Bonchev–Trinajstić information content (AvgIpc) is 2.36. The molecule has 1 rings (SSSR count). The number of hydrogen-bond donors (Lipinski definition) is 3. The van der Waals surface area contributed by atoms with Gasteiger partial charge in [-0.25, -0.2) is 9.78 Å². The zero-order valence-electron chi connectivity index (χ0n) is 12.2. The molecule has 1 aromatic heterocycles. The predicted molar refractivity (Wildman–Crippen MR) is 74.5 cm³/mol. The van der Waals surface area contributed by atoms with Crippen molar-refractivity contribution >= 4 is 11.9 Å². The maximum atomic E-state index is 11.9. The van der Waals surface area contributed by atoms with Crippen molar-refractivity contribution in [2.75, 3.05) is 19.8 Å². The van der Waals surface area contributed by atoms with Crippen LogP contribution in [0.4, 0.5) is 0 Å². The van der Waals surface area contributed by atoms with Crippen LogP contribution in [0.3, 0.4) is 0 Å². The number of rotatable bonds is 7. The van der Waals surface area contributed by atoms with Crippen molar-refractivity contribution in [1.29, 1.82) is 0 Å². The first kappa shape index (κ1) is 16.8. The number of nitrogens with zero attached hydrogens (tertiary/aromatic N) is 1. The first-order valence-corrected chi connectivity index (χ1v) is 6.51. The van der Waals surface area contributed by atoms with E-state index < -0.39 is 24.0 Å². The molecule has 1 heterocycles. The minimum atomic E-state index is -1.08. The summed E-state index contributed by atoms with van der Waals surface area (Å²) in [4.78, 5) is 40.8. The van der Waals surface area contributed by atoms with Crippen LogP contribution in [0.2, 0.25) is 0 Å². The molecular weight excluding hydrogens is 278 g/mol. The molecule has 0 unspecified atom stereocenters. The van der Waals surface area contributed by atoms with Gasteiger partial charge in [-0.05, 0) is 6.92 Å². The Labute approximate surface area is 121 Å². The van der Waals surface area contributed by atoms with Gasteiger partial charge in [-0.15, -0.1) is 0 Å². The van der Waals surface area contributed by atoms with Crippen LogP contribution < -0.4 is 10.9 Å². The minimum absolute atomic E-state index is 0.0439. The fraction of sp³-hybridized carbons (Fsp3) is 0.538. The lowest BCUT2D eigenvalue weighted by Gasteiger charge is -2.09. The monoisotopic (exact) mass is 297 g/mol. The maximum absolute atomic E-state index is 11.9. The number of carbonyl (C=O) groups excluding carboxylic acids is 1. The van der Waals surface area contributed by atoms with E-state index in [1.54, 1.807) is 6.92 Å². The number of aryl methyl sites for hydroxylation is 1. The number of ether oxygens (including phenoxy) is 1. The molecule has 0 saturated carbocycles. The summed E-state index contributed by atoms with van der Waals surface area (Å²) in [6.07, 6.45) is 0. The molecule has 0 radical (unpaired) electrons. The van der Waals surface area contributed by atoms with Crippen LogP contribution in [0.1, 0.15) is 41.6 Å². The van der Waals surface area contributed by atoms with E-state index in [9.17, 15) is 14.4 Å². The number of aromatic nitrogens is 2. The lowest BCUT2D eigenvalue weighted by molar-refractivity contribution is -0.142. The Balaban J connectivity index is 2.66. The summed E-state index contributed by atoms with van der Waals surface area (Å²) in [5, 5.41) is 10.9. The molecule has 3 N–H and O–H groups in total. The molecule has 0 spiro atoms. The van der Waals surface area contributed by atoms with E-state index in [-0.39, 0.29) is 24.6 Å². The number of H-pyrrole nitrogens is 1. The summed E-state index contributed by atoms with van der Waals surface area (Å²) in [5.74, 6) is -1.06. The molecule has 0 bridgehead atoms. The van der Waals surface area contributed by atoms with E-state index in [2.05, 4.69) is 15.3 Å². The Kier molecular flexibility index (Phi) is 6.04. The van der Waals surface area contributed by atoms with E-state index in [1.165, 1.54) is 0 Å². The van der Waals surface area contributed by atoms with Crippen LogP contribution >= 0.6 is 0 Å². The summed E-state index contributed by atoms with van der Waals surface area (Å²) in [6, 6.07) is 0. The van der Waals surface area contributed by atoms with Crippen LogP contribution in [0.25, 0.3) is 0 Å². The summed E-state index contributed by atoms with van der Waals surface area (Å²) >= 11 is 0. The van der Waals surface area contributed by atoms with Gasteiger partial charge < -0.3 is 20.1 Å². The molecule has 116 valence electrons. The van der Waals surface area contributed by atoms with E-state index in [0.29, 0.717) is 11.5 Å². The van der Waals surface area contributed by atoms with Crippen molar-refractivity contribution in [1.82, 2.24) is 15.3 Å². The van der Waals surface area contributed by atoms with Crippen LogP contribution in [-0.2, 0) is 9.53 Å². The zero-order valence-corrected chi connectivity index (χ0v) is 12.2. The Morgan fingerprint density at radius 1 is 1.43 bits per heavy atom. The van der Waals surface area contributed by atoms with Crippen molar-refractivity contribution in [2.24, 2.45) is 0 Å². The Bertz CT molecular complexity index is 580. The highest BCUT2D eigenvalue weighted by molar-refractivity contribution is 5.94. The van der Waals surface area contributed by atoms with Gasteiger partial charge in [0, 0.05) is 12.5 Å². The number of nitrogens with one attached hydrogen (secondary N) is 2. The van der Waals surface area contributed by atoms with E-state index in [4.69, 9.17) is 9.84 Å². The molecule has 0 aliphatic heterocycles. The molecule has 1 amide bonds. The molecule has 0 fully saturated rings. The molecule has 0 aliphatic rings. The molecule has 8 heteroatoms. The molecule has 0 saturated heterocycles. The van der Waals surface area contributed by atoms with Gasteiger partial charge in [-0.2, -0.15) is 0 Å². The smallest absolute Gasteiger partial charge is 0.329 e. The van der Waals surface area contributed by atoms with Crippen molar-refractivity contribution in [3.8, 4) is 0 Å². The number of aromatic amines is 1. The number of carboxylic acids is 1. The SMILES string of the molecule is Cc1nc(C(C)C)[nH]c(=O)c1C(=O)NCCOCC(=O)O. The Morgan fingerprint density at radius 3 is 2.62 bits per heavy atom. The number of carboxylic acid groups (broad SMARTS) is 1. The predicted octanol–water partition coefficient (Wildman–Crippen LogP) is 0.0327. The van der Waals surface area contributed by atoms with E-state index in [1.807, 2.05) is 13.8 Å². The van der Waals surface area contributed by atoms with Gasteiger partial charge in [0.05, 0.1) is 12.3 Å². The lowest BCUT2D eigenvalue weighted by Crippen LogP contribution is -2.34. The number of carbonyl (C=O) groups is 2. The fourth-order valence-electron chi connectivity index (χ4n) is 1.63. The number of aliphatic carboxylic acids is 1. The Hall–Kier alpha value is -2.22. The van der Waals surface area contributed by atoms with Crippen molar-refractivity contribution in [3.63, 3.8) is 0 Å². The molecular formula is C13H19N3O5. The standard InChI is InChI=1S/C13H19N3O5/c1-7(2)11-15-8(3)10(13(20)16-11)12(19)14-4-5-21-6-9(17)18/h7H,4-6H2,1-3H3,(H,14,19)(H,17,18)(H,15,16,20). The maximum Gasteiger partial charge on any atom is 0.329 e. The van der Waals surface area contributed by atoms with Gasteiger partial charge in [0.1, 0.15) is 18.0 Å². The summed E-state index contributed by atoms with van der Waals surface area (Å²) in [7, 11) is 0. The van der Waals surface area contributed by atoms with Crippen LogP contribution in [-0.4, -0.2) is 46.7 Å². The average molecular weight is 297 g/mol. The van der Waals surface area contributed by atoms with Gasteiger partial charge in [-0.1, -0.05) is 13.8 Å². The van der Waals surface area contributed by atoms with Crippen LogP contribution in [0.5, 0.6) is 0 Å². The third kappa shape index (κ3) is 4.99. The zero-order chi connectivity index (χ0) is 16.0. The highest BCUT2D eigenvalue weighted by Crippen LogP contribution is 2.08. The Morgan fingerprint density at radius 2 is 2.10 bits per heavy atom. The second-order valence-corrected chi connectivity index (χ2v) is 4.77. The quantitative estimate of drug-likeness (QED) is 0.611. The van der Waals surface area contributed by atoms with Crippen molar-refractivity contribution in [2.45, 2.75) is 26.7 Å². The van der Waals surface area contributed by atoms with Gasteiger partial charge in [-0.3, -0.25) is 9.59 Å². The molecule has 21 heavy (non-hydrogen) atoms. The summed E-state index contributed by atoms with van der Waals surface area (Å²) in [6.45, 7) is 5.09. The topological polar surface area (TPSA) is 121 Å². The third-order valence-electron chi connectivity index (χ3n) is 2.65. The molecule has 0 atom stereocenters. The van der Waals surface area contributed by atoms with Gasteiger partial charge >= 0.3 is 5.97 Å². The number of amides is 1. The lowest BCUT2D eigenvalue weighted by atomic mass is 10.1. The summed E-state index contributed by atoms with van der Waals surface area (Å²) in [5.41, 5.74) is -0.181. The first-order chi connectivity index (χ1) is 9.82. The molecule has 0 aliphatic carbocycles. The van der Waals surface area contributed by atoms with E-state index in [0.717, 1.165) is 0 Å².